The van der Waals surface area contributed by atoms with Crippen molar-refractivity contribution in [3.05, 3.63) is 88.9 Å². The highest BCUT2D eigenvalue weighted by Gasteiger charge is 2.10. The Kier molecular flexibility index (Phi) is 6.55. The molecule has 0 saturated carbocycles. The SMILES string of the molecule is Clc1cccc(COc2cccc(CNc3ccc(N4CCOCC4)cc3)c2)c1. The van der Waals surface area contributed by atoms with E-state index in [1.54, 1.807) is 0 Å². The van der Waals surface area contributed by atoms with Gasteiger partial charge in [-0.25, -0.2) is 0 Å². The first-order valence-electron chi connectivity index (χ1n) is 9.89. The van der Waals surface area contributed by atoms with E-state index < -0.39 is 0 Å². The molecule has 5 heteroatoms. The third-order valence-electron chi connectivity index (χ3n) is 4.93. The van der Waals surface area contributed by atoms with Crippen LogP contribution in [0.4, 0.5) is 11.4 Å². The smallest absolute Gasteiger partial charge is 0.120 e. The fraction of sp³-hybridized carbons (Fsp3) is 0.250. The maximum Gasteiger partial charge on any atom is 0.120 e. The average Bonchev–Trinajstić information content (AvgIpc) is 2.78. The number of morpholine rings is 1. The van der Waals surface area contributed by atoms with E-state index in [1.165, 1.54) is 11.3 Å². The Balaban J connectivity index is 1.31. The second-order valence-electron chi connectivity index (χ2n) is 7.07. The molecule has 0 aromatic heterocycles. The molecule has 4 rings (SSSR count). The maximum absolute atomic E-state index is 6.03. The first kappa shape index (κ1) is 19.6. The molecule has 0 unspecified atom stereocenters. The van der Waals surface area contributed by atoms with Crippen LogP contribution in [0.3, 0.4) is 0 Å². The minimum absolute atomic E-state index is 0.500. The summed E-state index contributed by atoms with van der Waals surface area (Å²) in [5, 5.41) is 4.21. The van der Waals surface area contributed by atoms with Crippen LogP contribution in [-0.4, -0.2) is 26.3 Å². The van der Waals surface area contributed by atoms with Crippen molar-refractivity contribution in [3.63, 3.8) is 0 Å². The van der Waals surface area contributed by atoms with E-state index in [2.05, 4.69) is 46.6 Å². The van der Waals surface area contributed by atoms with Gasteiger partial charge in [-0.1, -0.05) is 35.9 Å². The number of hydrogen-bond donors (Lipinski definition) is 1. The van der Waals surface area contributed by atoms with Gasteiger partial charge in [-0.05, 0) is 59.7 Å². The predicted molar refractivity (Wildman–Crippen MR) is 119 cm³/mol. The monoisotopic (exact) mass is 408 g/mol. The van der Waals surface area contributed by atoms with Gasteiger partial charge in [0.2, 0.25) is 0 Å². The molecule has 4 nitrogen and oxygen atoms in total. The molecule has 3 aromatic rings. The first-order valence-corrected chi connectivity index (χ1v) is 10.3. The Hall–Kier alpha value is -2.69. The van der Waals surface area contributed by atoms with Gasteiger partial charge in [0.1, 0.15) is 12.4 Å². The van der Waals surface area contributed by atoms with Crippen LogP contribution in [-0.2, 0) is 17.9 Å². The third kappa shape index (κ3) is 5.66. The van der Waals surface area contributed by atoms with Gasteiger partial charge in [-0.15, -0.1) is 0 Å². The summed E-state index contributed by atoms with van der Waals surface area (Å²) in [7, 11) is 0. The Labute approximate surface area is 177 Å². The van der Waals surface area contributed by atoms with Crippen molar-refractivity contribution in [2.75, 3.05) is 36.5 Å². The first-order chi connectivity index (χ1) is 14.3. The van der Waals surface area contributed by atoms with Gasteiger partial charge in [0, 0.05) is 36.0 Å². The Bertz CT molecular complexity index is 924. The zero-order valence-corrected chi connectivity index (χ0v) is 17.1. The van der Waals surface area contributed by atoms with E-state index in [4.69, 9.17) is 21.1 Å². The molecule has 0 radical (unpaired) electrons. The zero-order valence-electron chi connectivity index (χ0n) is 16.3. The van der Waals surface area contributed by atoms with Crippen molar-refractivity contribution in [1.29, 1.82) is 0 Å². The number of hydrogen-bond acceptors (Lipinski definition) is 4. The summed E-state index contributed by atoms with van der Waals surface area (Å²) in [5.74, 6) is 0.854. The molecule has 29 heavy (non-hydrogen) atoms. The van der Waals surface area contributed by atoms with Crippen molar-refractivity contribution >= 4 is 23.0 Å². The van der Waals surface area contributed by atoms with Crippen LogP contribution < -0.4 is 15.0 Å². The van der Waals surface area contributed by atoms with E-state index in [9.17, 15) is 0 Å². The van der Waals surface area contributed by atoms with Crippen molar-refractivity contribution in [1.82, 2.24) is 0 Å². The molecule has 0 atom stereocenters. The molecular formula is C24H25ClN2O2. The van der Waals surface area contributed by atoms with Gasteiger partial charge < -0.3 is 19.7 Å². The second-order valence-corrected chi connectivity index (χ2v) is 7.50. The Morgan fingerprint density at radius 2 is 1.66 bits per heavy atom. The quantitative estimate of drug-likeness (QED) is 0.570. The van der Waals surface area contributed by atoms with E-state index in [1.807, 2.05) is 36.4 Å². The van der Waals surface area contributed by atoms with Crippen LogP contribution in [0.2, 0.25) is 5.02 Å². The molecule has 1 N–H and O–H groups in total. The molecule has 0 spiro atoms. The van der Waals surface area contributed by atoms with Crippen molar-refractivity contribution in [3.8, 4) is 5.75 Å². The largest absolute Gasteiger partial charge is 0.489 e. The van der Waals surface area contributed by atoms with Gasteiger partial charge in [-0.2, -0.15) is 0 Å². The van der Waals surface area contributed by atoms with E-state index in [0.29, 0.717) is 6.61 Å². The summed E-state index contributed by atoms with van der Waals surface area (Å²) >= 11 is 6.03. The normalized spacial score (nSPS) is 13.9. The molecule has 1 fully saturated rings. The van der Waals surface area contributed by atoms with Gasteiger partial charge in [-0.3, -0.25) is 0 Å². The highest BCUT2D eigenvalue weighted by molar-refractivity contribution is 6.30. The van der Waals surface area contributed by atoms with Gasteiger partial charge in [0.05, 0.1) is 13.2 Å². The average molecular weight is 409 g/mol. The molecule has 0 amide bonds. The molecular weight excluding hydrogens is 384 g/mol. The molecule has 0 aliphatic carbocycles. The fourth-order valence-corrected chi connectivity index (χ4v) is 3.57. The molecule has 1 saturated heterocycles. The number of benzene rings is 3. The van der Waals surface area contributed by atoms with Crippen LogP contribution >= 0.6 is 11.6 Å². The number of ether oxygens (including phenoxy) is 2. The fourth-order valence-electron chi connectivity index (χ4n) is 3.35. The van der Waals surface area contributed by atoms with E-state index in [-0.39, 0.29) is 0 Å². The molecule has 3 aromatic carbocycles. The van der Waals surface area contributed by atoms with Crippen molar-refractivity contribution in [2.24, 2.45) is 0 Å². The number of rotatable bonds is 7. The van der Waals surface area contributed by atoms with Crippen molar-refractivity contribution < 1.29 is 9.47 Å². The lowest BCUT2D eigenvalue weighted by atomic mass is 10.2. The van der Waals surface area contributed by atoms with Crippen LogP contribution in [0, 0.1) is 0 Å². The molecule has 1 aliphatic rings. The summed E-state index contributed by atoms with van der Waals surface area (Å²) in [4.78, 5) is 2.36. The minimum atomic E-state index is 0.500. The highest BCUT2D eigenvalue weighted by atomic mass is 35.5. The third-order valence-corrected chi connectivity index (χ3v) is 5.17. The maximum atomic E-state index is 6.03. The van der Waals surface area contributed by atoms with E-state index >= 15 is 0 Å². The Morgan fingerprint density at radius 1 is 0.897 bits per heavy atom. The summed E-state index contributed by atoms with van der Waals surface area (Å²) in [6.45, 7) is 4.75. The summed E-state index contributed by atoms with van der Waals surface area (Å²) in [5.41, 5.74) is 4.58. The van der Waals surface area contributed by atoms with Gasteiger partial charge in [0.15, 0.2) is 0 Å². The minimum Gasteiger partial charge on any atom is -0.489 e. The summed E-state index contributed by atoms with van der Waals surface area (Å²) in [6, 6.07) is 24.5. The molecule has 1 heterocycles. The number of anilines is 2. The number of nitrogens with zero attached hydrogens (tertiary/aromatic N) is 1. The van der Waals surface area contributed by atoms with Gasteiger partial charge >= 0.3 is 0 Å². The topological polar surface area (TPSA) is 33.7 Å². The lowest BCUT2D eigenvalue weighted by Gasteiger charge is -2.28. The number of nitrogens with one attached hydrogen (secondary N) is 1. The number of halogens is 1. The predicted octanol–water partition coefficient (Wildman–Crippen LogP) is 5.37. The van der Waals surface area contributed by atoms with Crippen LogP contribution in [0.25, 0.3) is 0 Å². The van der Waals surface area contributed by atoms with Crippen LogP contribution in [0.15, 0.2) is 72.8 Å². The van der Waals surface area contributed by atoms with Crippen LogP contribution in [0.5, 0.6) is 5.75 Å². The van der Waals surface area contributed by atoms with E-state index in [0.717, 1.165) is 54.9 Å². The Morgan fingerprint density at radius 3 is 2.45 bits per heavy atom. The second kappa shape index (κ2) is 9.68. The lowest BCUT2D eigenvalue weighted by molar-refractivity contribution is 0.122. The van der Waals surface area contributed by atoms with Gasteiger partial charge in [0.25, 0.3) is 0 Å². The zero-order chi connectivity index (χ0) is 19.9. The summed E-state index contributed by atoms with van der Waals surface area (Å²) in [6.07, 6.45) is 0. The van der Waals surface area contributed by atoms with Crippen molar-refractivity contribution in [2.45, 2.75) is 13.2 Å². The lowest BCUT2D eigenvalue weighted by Crippen LogP contribution is -2.36. The molecule has 150 valence electrons. The molecule has 1 aliphatic heterocycles. The molecule has 0 bridgehead atoms. The summed E-state index contributed by atoms with van der Waals surface area (Å²) < 4.78 is 11.3. The standard InChI is InChI=1S/C24H25ClN2O2/c25-21-5-1-4-20(15-21)18-29-24-6-2-3-19(16-24)17-26-22-7-9-23(10-8-22)27-11-13-28-14-12-27/h1-10,15-16,26H,11-14,17-18H2. The van der Waals surface area contributed by atoms with Crippen LogP contribution in [0.1, 0.15) is 11.1 Å². The highest BCUT2D eigenvalue weighted by Crippen LogP contribution is 2.21.